The summed E-state index contributed by atoms with van der Waals surface area (Å²) in [7, 11) is 1.90. The number of aromatic nitrogens is 2. The number of rotatable bonds is 3. The second-order valence-electron chi connectivity index (χ2n) is 6.03. The van der Waals surface area contributed by atoms with Crippen LogP contribution in [0.3, 0.4) is 0 Å². The van der Waals surface area contributed by atoms with Crippen molar-refractivity contribution in [2.45, 2.75) is 6.54 Å². The highest BCUT2D eigenvalue weighted by molar-refractivity contribution is 6.31. The Hall–Kier alpha value is -3.05. The molecule has 130 valence electrons. The Bertz CT molecular complexity index is 996. The van der Waals surface area contributed by atoms with E-state index in [4.69, 9.17) is 11.6 Å². The number of carbonyl (C=O) groups excluding carboxylic acids is 1. The fourth-order valence-corrected chi connectivity index (χ4v) is 3.40. The minimum absolute atomic E-state index is 0.154. The molecule has 0 unspecified atom stereocenters. The highest BCUT2D eigenvalue weighted by Gasteiger charge is 2.34. The number of allylic oxidation sites excluding steroid dienone is 1. The average Bonchev–Trinajstić information content (AvgIpc) is 3.03. The molecule has 4 rings (SSSR count). The van der Waals surface area contributed by atoms with Crippen molar-refractivity contribution in [1.82, 2.24) is 9.55 Å². The fraction of sp³-hybridized carbons (Fsp3) is 0.100. The number of carbonyl (C=O) groups is 1. The molecule has 0 bridgehead atoms. The second-order valence-corrected chi connectivity index (χ2v) is 6.46. The average molecular weight is 365 g/mol. The quantitative estimate of drug-likeness (QED) is 0.628. The summed E-state index contributed by atoms with van der Waals surface area (Å²) < 4.78 is 1.81. The van der Waals surface area contributed by atoms with E-state index in [0.717, 1.165) is 17.1 Å². The molecule has 1 aliphatic heterocycles. The molecule has 2 heterocycles. The van der Waals surface area contributed by atoms with Gasteiger partial charge in [0.25, 0.3) is 5.91 Å². The van der Waals surface area contributed by atoms with Gasteiger partial charge in [0, 0.05) is 24.3 Å². The molecule has 26 heavy (non-hydrogen) atoms. The van der Waals surface area contributed by atoms with E-state index in [1.54, 1.807) is 17.3 Å². The highest BCUT2D eigenvalue weighted by Crippen LogP contribution is 2.43. The standard InChI is InChI=1S/C20H17ClN4O/c1-3-11-24-13-22-19-18(24)20(26)25(15-7-5-4-6-8-15)17-12-14(21)9-10-16(17)23(19)2/h3-10,12-13H,1,11H2,2H3. The third-order valence-corrected chi connectivity index (χ3v) is 4.66. The Morgan fingerprint density at radius 3 is 2.65 bits per heavy atom. The Morgan fingerprint density at radius 2 is 1.92 bits per heavy atom. The van der Waals surface area contributed by atoms with E-state index in [0.29, 0.717) is 23.1 Å². The lowest BCUT2D eigenvalue weighted by molar-refractivity contribution is 0.0992. The van der Waals surface area contributed by atoms with Crippen LogP contribution in [0.4, 0.5) is 22.9 Å². The Labute approximate surface area is 156 Å². The summed E-state index contributed by atoms with van der Waals surface area (Å²) in [5, 5.41) is 0.569. The first kappa shape index (κ1) is 16.4. The Kier molecular flexibility index (Phi) is 4.01. The van der Waals surface area contributed by atoms with Crippen LogP contribution in [-0.4, -0.2) is 22.5 Å². The van der Waals surface area contributed by atoms with Crippen LogP contribution in [0.25, 0.3) is 0 Å². The molecule has 0 radical (unpaired) electrons. The summed E-state index contributed by atoms with van der Waals surface area (Å²) in [5.41, 5.74) is 2.87. The van der Waals surface area contributed by atoms with Crippen molar-refractivity contribution >= 4 is 40.4 Å². The summed E-state index contributed by atoms with van der Waals surface area (Å²) >= 11 is 6.25. The lowest BCUT2D eigenvalue weighted by atomic mass is 10.2. The van der Waals surface area contributed by atoms with Crippen LogP contribution in [-0.2, 0) is 6.54 Å². The molecular formula is C20H17ClN4O. The molecule has 0 saturated carbocycles. The van der Waals surface area contributed by atoms with E-state index in [-0.39, 0.29) is 5.91 Å². The van der Waals surface area contributed by atoms with Crippen molar-refractivity contribution in [3.8, 4) is 0 Å². The van der Waals surface area contributed by atoms with Gasteiger partial charge in [0.1, 0.15) is 0 Å². The fourth-order valence-electron chi connectivity index (χ4n) is 3.24. The first-order chi connectivity index (χ1) is 12.6. The Balaban J connectivity index is 2.02. The second kappa shape index (κ2) is 6.35. The molecule has 1 amide bonds. The van der Waals surface area contributed by atoms with Crippen molar-refractivity contribution in [2.24, 2.45) is 0 Å². The largest absolute Gasteiger partial charge is 0.326 e. The molecule has 0 spiro atoms. The zero-order chi connectivity index (χ0) is 18.3. The van der Waals surface area contributed by atoms with Gasteiger partial charge < -0.3 is 9.47 Å². The van der Waals surface area contributed by atoms with Crippen LogP contribution < -0.4 is 9.80 Å². The predicted octanol–water partition coefficient (Wildman–Crippen LogP) is 4.78. The molecule has 3 aromatic rings. The lowest BCUT2D eigenvalue weighted by Crippen LogP contribution is -2.27. The minimum Gasteiger partial charge on any atom is -0.326 e. The normalized spacial score (nSPS) is 13.2. The summed E-state index contributed by atoms with van der Waals surface area (Å²) in [4.78, 5) is 21.7. The minimum atomic E-state index is -0.154. The number of benzene rings is 2. The van der Waals surface area contributed by atoms with Crippen LogP contribution >= 0.6 is 11.6 Å². The maximum absolute atomic E-state index is 13.6. The van der Waals surface area contributed by atoms with Crippen molar-refractivity contribution in [2.75, 3.05) is 16.8 Å². The molecule has 6 heteroatoms. The van der Waals surface area contributed by atoms with Crippen LogP contribution in [0.2, 0.25) is 5.02 Å². The van der Waals surface area contributed by atoms with Gasteiger partial charge in [-0.25, -0.2) is 4.98 Å². The molecule has 1 aliphatic rings. The highest BCUT2D eigenvalue weighted by atomic mass is 35.5. The van der Waals surface area contributed by atoms with E-state index in [1.807, 2.05) is 65.0 Å². The van der Waals surface area contributed by atoms with E-state index in [2.05, 4.69) is 11.6 Å². The van der Waals surface area contributed by atoms with E-state index >= 15 is 0 Å². The van der Waals surface area contributed by atoms with E-state index < -0.39 is 0 Å². The smallest absolute Gasteiger partial charge is 0.283 e. The van der Waals surface area contributed by atoms with Gasteiger partial charge in [-0.3, -0.25) is 9.69 Å². The maximum atomic E-state index is 13.6. The number of anilines is 4. The molecule has 0 aliphatic carbocycles. The maximum Gasteiger partial charge on any atom is 0.283 e. The van der Waals surface area contributed by atoms with Crippen LogP contribution in [0, 0.1) is 0 Å². The third kappa shape index (κ3) is 2.48. The summed E-state index contributed by atoms with van der Waals surface area (Å²) in [5.74, 6) is 0.456. The van der Waals surface area contributed by atoms with Gasteiger partial charge in [0.15, 0.2) is 11.5 Å². The zero-order valence-corrected chi connectivity index (χ0v) is 15.0. The molecular weight excluding hydrogens is 348 g/mol. The van der Waals surface area contributed by atoms with Gasteiger partial charge in [0.05, 0.1) is 17.7 Å². The molecule has 0 fully saturated rings. The van der Waals surface area contributed by atoms with Crippen molar-refractivity contribution in [1.29, 1.82) is 0 Å². The topological polar surface area (TPSA) is 41.4 Å². The lowest BCUT2D eigenvalue weighted by Gasteiger charge is -2.25. The van der Waals surface area contributed by atoms with Gasteiger partial charge in [-0.2, -0.15) is 0 Å². The third-order valence-electron chi connectivity index (χ3n) is 4.42. The molecule has 2 aromatic carbocycles. The summed E-state index contributed by atoms with van der Waals surface area (Å²) in [6, 6.07) is 15.1. The Morgan fingerprint density at radius 1 is 1.15 bits per heavy atom. The van der Waals surface area contributed by atoms with Gasteiger partial charge in [-0.15, -0.1) is 6.58 Å². The summed E-state index contributed by atoms with van der Waals surface area (Å²) in [6.07, 6.45) is 3.42. The number of halogens is 1. The van der Waals surface area contributed by atoms with E-state index in [1.165, 1.54) is 0 Å². The number of amides is 1. The molecule has 0 atom stereocenters. The summed E-state index contributed by atoms with van der Waals surface area (Å²) in [6.45, 7) is 4.28. The molecule has 0 N–H and O–H groups in total. The molecule has 0 saturated heterocycles. The first-order valence-corrected chi connectivity index (χ1v) is 8.58. The van der Waals surface area contributed by atoms with Crippen molar-refractivity contribution in [3.05, 3.63) is 78.2 Å². The predicted molar refractivity (Wildman–Crippen MR) is 105 cm³/mol. The van der Waals surface area contributed by atoms with Gasteiger partial charge in [-0.1, -0.05) is 35.9 Å². The molecule has 5 nitrogen and oxygen atoms in total. The van der Waals surface area contributed by atoms with Crippen LogP contribution in [0.5, 0.6) is 0 Å². The van der Waals surface area contributed by atoms with E-state index in [9.17, 15) is 4.79 Å². The van der Waals surface area contributed by atoms with Gasteiger partial charge in [0.2, 0.25) is 0 Å². The van der Waals surface area contributed by atoms with Crippen molar-refractivity contribution < 1.29 is 4.79 Å². The number of nitrogens with zero attached hydrogens (tertiary/aromatic N) is 4. The monoisotopic (exact) mass is 364 g/mol. The van der Waals surface area contributed by atoms with Crippen LogP contribution in [0.15, 0.2) is 67.5 Å². The first-order valence-electron chi connectivity index (χ1n) is 8.20. The van der Waals surface area contributed by atoms with Gasteiger partial charge in [-0.05, 0) is 30.3 Å². The number of fused-ring (bicyclic) bond motifs is 2. The number of hydrogen-bond acceptors (Lipinski definition) is 3. The molecule has 1 aromatic heterocycles. The number of imidazole rings is 1. The van der Waals surface area contributed by atoms with Crippen LogP contribution in [0.1, 0.15) is 10.5 Å². The zero-order valence-electron chi connectivity index (χ0n) is 14.3. The number of para-hydroxylation sites is 1. The van der Waals surface area contributed by atoms with Gasteiger partial charge >= 0.3 is 0 Å². The van der Waals surface area contributed by atoms with Crippen molar-refractivity contribution in [3.63, 3.8) is 0 Å². The SMILES string of the molecule is C=CCn1cnc2c1C(=O)N(c1ccccc1)c1cc(Cl)ccc1N2C. The number of hydrogen-bond donors (Lipinski definition) is 0.